The molecule has 0 aliphatic carbocycles. The minimum atomic E-state index is -3.09. The van der Waals surface area contributed by atoms with E-state index in [0.29, 0.717) is 0 Å². The van der Waals surface area contributed by atoms with Crippen LogP contribution in [0, 0.1) is 0 Å². The monoisotopic (exact) mass is 261 g/mol. The van der Waals surface area contributed by atoms with Gasteiger partial charge in [-0.15, -0.1) is 0 Å². The van der Waals surface area contributed by atoms with Crippen LogP contribution in [0.1, 0.15) is 6.92 Å². The Hall–Kier alpha value is 0.740. The summed E-state index contributed by atoms with van der Waals surface area (Å²) in [7, 11) is -3.09. The highest BCUT2D eigenvalue weighted by Gasteiger charge is 2.11. The average Bonchev–Trinajstić information content (AvgIpc) is 1.87. The van der Waals surface area contributed by atoms with Crippen molar-refractivity contribution in [3.63, 3.8) is 0 Å². The van der Waals surface area contributed by atoms with Gasteiger partial charge in [-0.1, -0.05) is 15.9 Å². The molecule has 0 rings (SSSR count). The molecule has 1 N–H and O–H groups in total. The van der Waals surface area contributed by atoms with Gasteiger partial charge in [0.1, 0.15) is 4.66 Å². The molecule has 1 unspecified atom stereocenters. The fourth-order valence-electron chi connectivity index (χ4n) is 0.622. The number of alkyl halides is 1. The number of halogens is 1. The number of thioether (sulfide) groups is 1. The minimum Gasteiger partial charge on any atom is -0.212 e. The Balaban J connectivity index is 3.84. The Bertz CT molecular complexity index is 193. The molecule has 0 aliphatic heterocycles. The van der Waals surface area contributed by atoms with Gasteiger partial charge in [0.15, 0.2) is 0 Å². The van der Waals surface area contributed by atoms with Crippen molar-refractivity contribution < 1.29 is 8.42 Å². The molecule has 68 valence electrons. The summed E-state index contributed by atoms with van der Waals surface area (Å²) in [6.45, 7) is 1.84. The summed E-state index contributed by atoms with van der Waals surface area (Å²) in [5.41, 5.74) is 0. The SMILES string of the molecule is CSCC(C)NS(=O)(=O)CBr. The Kier molecular flexibility index (Phi) is 5.76. The Morgan fingerprint density at radius 1 is 1.64 bits per heavy atom. The van der Waals surface area contributed by atoms with E-state index >= 15 is 0 Å². The maximum Gasteiger partial charge on any atom is 0.221 e. The fraction of sp³-hybridized carbons (Fsp3) is 1.00. The summed E-state index contributed by atoms with van der Waals surface area (Å²) < 4.78 is 24.3. The van der Waals surface area contributed by atoms with Crippen LogP contribution in [0.4, 0.5) is 0 Å². The lowest BCUT2D eigenvalue weighted by molar-refractivity contribution is 0.576. The maximum atomic E-state index is 10.9. The Labute approximate surface area is 80.5 Å². The van der Waals surface area contributed by atoms with E-state index in [1.807, 2.05) is 13.2 Å². The normalized spacial score (nSPS) is 14.8. The number of nitrogens with one attached hydrogen (secondary N) is 1. The molecular weight excluding hydrogens is 250 g/mol. The summed E-state index contributed by atoms with van der Waals surface area (Å²) in [6.07, 6.45) is 1.94. The number of hydrogen-bond donors (Lipinski definition) is 1. The van der Waals surface area contributed by atoms with E-state index in [2.05, 4.69) is 20.7 Å². The van der Waals surface area contributed by atoms with Crippen LogP contribution in [-0.4, -0.2) is 31.1 Å². The third-order valence-corrected chi connectivity index (χ3v) is 4.63. The first kappa shape index (κ1) is 11.7. The second-order valence-electron chi connectivity index (χ2n) is 2.20. The molecule has 1 atom stereocenters. The molecule has 0 saturated carbocycles. The highest BCUT2D eigenvalue weighted by atomic mass is 79.9. The van der Waals surface area contributed by atoms with Gasteiger partial charge in [0, 0.05) is 11.8 Å². The van der Waals surface area contributed by atoms with Crippen molar-refractivity contribution in [2.45, 2.75) is 13.0 Å². The van der Waals surface area contributed by atoms with Gasteiger partial charge in [0.25, 0.3) is 0 Å². The van der Waals surface area contributed by atoms with Crippen LogP contribution in [0.3, 0.4) is 0 Å². The first-order valence-electron chi connectivity index (χ1n) is 3.06. The number of hydrogen-bond acceptors (Lipinski definition) is 3. The zero-order chi connectivity index (χ0) is 8.91. The second kappa shape index (κ2) is 5.40. The van der Waals surface area contributed by atoms with Gasteiger partial charge in [-0.05, 0) is 13.2 Å². The van der Waals surface area contributed by atoms with Crippen LogP contribution >= 0.6 is 27.7 Å². The average molecular weight is 262 g/mol. The van der Waals surface area contributed by atoms with Crippen molar-refractivity contribution in [1.82, 2.24) is 4.72 Å². The van der Waals surface area contributed by atoms with E-state index < -0.39 is 10.0 Å². The summed E-state index contributed by atoms with van der Waals surface area (Å²) in [5.74, 6) is 0.798. The Morgan fingerprint density at radius 3 is 2.55 bits per heavy atom. The molecule has 0 heterocycles. The fourth-order valence-corrected chi connectivity index (χ4v) is 2.47. The molecule has 0 aliphatic rings. The predicted octanol–water partition coefficient (Wildman–Crippen LogP) is 1.01. The number of sulfonamides is 1. The highest BCUT2D eigenvalue weighted by molar-refractivity contribution is 9.10. The molecule has 6 heteroatoms. The van der Waals surface area contributed by atoms with E-state index in [9.17, 15) is 8.42 Å². The number of rotatable bonds is 5. The first-order chi connectivity index (χ1) is 5.02. The zero-order valence-electron chi connectivity index (χ0n) is 6.50. The van der Waals surface area contributed by atoms with Crippen LogP contribution in [0.2, 0.25) is 0 Å². The topological polar surface area (TPSA) is 46.2 Å². The molecule has 0 spiro atoms. The first-order valence-corrected chi connectivity index (χ1v) is 7.23. The summed E-state index contributed by atoms with van der Waals surface area (Å²) in [6, 6.07) is 0.00699. The molecule has 0 fully saturated rings. The third kappa shape index (κ3) is 5.95. The van der Waals surface area contributed by atoms with Crippen LogP contribution < -0.4 is 4.72 Å². The lowest BCUT2D eigenvalue weighted by Crippen LogP contribution is -2.34. The molecular formula is C5H12BrNO2S2. The van der Waals surface area contributed by atoms with Gasteiger partial charge < -0.3 is 0 Å². The van der Waals surface area contributed by atoms with E-state index in [4.69, 9.17) is 0 Å². The Morgan fingerprint density at radius 2 is 2.18 bits per heavy atom. The van der Waals surface area contributed by atoms with Crippen LogP contribution in [0.15, 0.2) is 0 Å². The van der Waals surface area contributed by atoms with Gasteiger partial charge in [0.05, 0.1) is 0 Å². The molecule has 0 bridgehead atoms. The van der Waals surface area contributed by atoms with Gasteiger partial charge >= 0.3 is 0 Å². The summed E-state index contributed by atoms with van der Waals surface area (Å²) in [5, 5.41) is 0. The second-order valence-corrected chi connectivity index (χ2v) is 6.17. The van der Waals surface area contributed by atoms with Gasteiger partial charge in [-0.2, -0.15) is 11.8 Å². The van der Waals surface area contributed by atoms with Crippen molar-refractivity contribution in [2.75, 3.05) is 16.7 Å². The summed E-state index contributed by atoms with van der Waals surface area (Å²) in [4.78, 5) is 0. The van der Waals surface area contributed by atoms with E-state index in [1.54, 1.807) is 11.8 Å². The molecule has 0 radical (unpaired) electrons. The van der Waals surface area contributed by atoms with E-state index in [-0.39, 0.29) is 10.7 Å². The largest absolute Gasteiger partial charge is 0.221 e. The molecule has 0 saturated heterocycles. The van der Waals surface area contributed by atoms with Crippen molar-refractivity contribution in [2.24, 2.45) is 0 Å². The van der Waals surface area contributed by atoms with Crippen molar-refractivity contribution in [1.29, 1.82) is 0 Å². The molecule has 0 aromatic heterocycles. The van der Waals surface area contributed by atoms with E-state index in [1.165, 1.54) is 0 Å². The smallest absolute Gasteiger partial charge is 0.212 e. The predicted molar refractivity (Wildman–Crippen MR) is 53.7 cm³/mol. The maximum absolute atomic E-state index is 10.9. The van der Waals surface area contributed by atoms with Crippen molar-refractivity contribution in [3.8, 4) is 0 Å². The van der Waals surface area contributed by atoms with Crippen molar-refractivity contribution in [3.05, 3.63) is 0 Å². The van der Waals surface area contributed by atoms with E-state index in [0.717, 1.165) is 5.75 Å². The quantitative estimate of drug-likeness (QED) is 0.752. The molecule has 0 amide bonds. The van der Waals surface area contributed by atoms with Gasteiger partial charge in [0.2, 0.25) is 10.0 Å². The molecule has 0 aromatic rings. The minimum absolute atomic E-state index is 0.00699. The van der Waals surface area contributed by atoms with Crippen LogP contribution in [0.25, 0.3) is 0 Å². The van der Waals surface area contributed by atoms with Crippen molar-refractivity contribution >= 4 is 37.7 Å². The third-order valence-electron chi connectivity index (χ3n) is 0.941. The van der Waals surface area contributed by atoms with Gasteiger partial charge in [-0.25, -0.2) is 13.1 Å². The van der Waals surface area contributed by atoms with Gasteiger partial charge in [-0.3, -0.25) is 0 Å². The lowest BCUT2D eigenvalue weighted by atomic mass is 10.4. The highest BCUT2D eigenvalue weighted by Crippen LogP contribution is 1.99. The zero-order valence-corrected chi connectivity index (χ0v) is 9.72. The van der Waals surface area contributed by atoms with Crippen LogP contribution in [-0.2, 0) is 10.0 Å². The molecule has 0 aromatic carbocycles. The summed E-state index contributed by atoms with van der Waals surface area (Å²) >= 11 is 4.51. The standard InChI is InChI=1S/C5H12BrNO2S2/c1-5(3-10-2)7-11(8,9)4-6/h5,7H,3-4H2,1-2H3. The van der Waals surface area contributed by atoms with Crippen LogP contribution in [0.5, 0.6) is 0 Å². The molecule has 3 nitrogen and oxygen atoms in total. The molecule has 11 heavy (non-hydrogen) atoms. The lowest BCUT2D eigenvalue weighted by Gasteiger charge is -2.10.